The van der Waals surface area contributed by atoms with Gasteiger partial charge in [0.2, 0.25) is 5.28 Å². The van der Waals surface area contributed by atoms with Crippen LogP contribution in [0.5, 0.6) is 0 Å². The predicted molar refractivity (Wildman–Crippen MR) is 80.9 cm³/mol. The number of fused-ring (bicyclic) bond motifs is 1. The molecule has 0 saturated carbocycles. The number of nitrogens with zero attached hydrogens (tertiary/aromatic N) is 3. The Labute approximate surface area is 126 Å². The summed E-state index contributed by atoms with van der Waals surface area (Å²) in [5.74, 6) is 0.683. The lowest BCUT2D eigenvalue weighted by molar-refractivity contribution is 1.02. The minimum atomic E-state index is 0.195. The van der Waals surface area contributed by atoms with Crippen molar-refractivity contribution in [2.45, 2.75) is 6.42 Å². The summed E-state index contributed by atoms with van der Waals surface area (Å²) in [6.45, 7) is 0.772. The van der Waals surface area contributed by atoms with Gasteiger partial charge in [0.05, 0.1) is 10.1 Å². The molecule has 19 heavy (non-hydrogen) atoms. The van der Waals surface area contributed by atoms with Crippen molar-refractivity contribution in [3.63, 3.8) is 0 Å². The summed E-state index contributed by atoms with van der Waals surface area (Å²) < 4.78 is 1.14. The zero-order chi connectivity index (χ0) is 13.2. The zero-order valence-corrected chi connectivity index (χ0v) is 12.8. The Balaban J connectivity index is 1.73. The second kappa shape index (κ2) is 5.44. The summed E-state index contributed by atoms with van der Waals surface area (Å²) in [5, 5.41) is 3.45. The van der Waals surface area contributed by atoms with Gasteiger partial charge in [-0.2, -0.15) is 9.97 Å². The van der Waals surface area contributed by atoms with Crippen LogP contribution < -0.4 is 5.32 Å². The van der Waals surface area contributed by atoms with E-state index < -0.39 is 0 Å². The smallest absolute Gasteiger partial charge is 0.226 e. The normalized spacial score (nSPS) is 11.1. The Morgan fingerprint density at radius 3 is 3.05 bits per heavy atom. The molecule has 0 radical (unpaired) electrons. The number of rotatable bonds is 4. The van der Waals surface area contributed by atoms with Gasteiger partial charge in [-0.1, -0.05) is 0 Å². The quantitative estimate of drug-likeness (QED) is 0.701. The van der Waals surface area contributed by atoms with Crippen LogP contribution in [0.2, 0.25) is 5.28 Å². The first-order chi connectivity index (χ1) is 9.22. The first-order valence-electron chi connectivity index (χ1n) is 5.57. The molecule has 0 aromatic carbocycles. The molecule has 3 aromatic rings. The van der Waals surface area contributed by atoms with Gasteiger partial charge in [-0.25, -0.2) is 4.98 Å². The minimum absolute atomic E-state index is 0.195. The maximum atomic E-state index is 5.86. The lowest BCUT2D eigenvalue weighted by atomic mass is 10.3. The van der Waals surface area contributed by atoms with Crippen molar-refractivity contribution in [1.82, 2.24) is 19.9 Å². The molecule has 0 atom stereocenters. The van der Waals surface area contributed by atoms with Crippen molar-refractivity contribution in [3.05, 3.63) is 32.4 Å². The van der Waals surface area contributed by atoms with Crippen molar-refractivity contribution < 1.29 is 0 Å². The van der Waals surface area contributed by atoms with Crippen molar-refractivity contribution >= 4 is 55.8 Å². The van der Waals surface area contributed by atoms with Gasteiger partial charge in [-0.05, 0) is 46.1 Å². The molecule has 0 spiro atoms. The highest BCUT2D eigenvalue weighted by Gasteiger charge is 2.08. The molecule has 0 amide bonds. The zero-order valence-electron chi connectivity index (χ0n) is 9.65. The molecule has 0 fully saturated rings. The molecule has 8 heteroatoms. The van der Waals surface area contributed by atoms with Crippen molar-refractivity contribution in [1.29, 1.82) is 0 Å². The standard InChI is InChI=1S/C11H9BrClN5S/c12-7-2-1-6(19-7)3-4-14-9-8-10(16-5-15-8)18-11(13)17-9/h1-2,5H,3-4H2,(H2,14,15,16,17,18). The van der Waals surface area contributed by atoms with Crippen molar-refractivity contribution in [2.75, 3.05) is 11.9 Å². The molecule has 3 aromatic heterocycles. The first kappa shape index (κ1) is 12.8. The van der Waals surface area contributed by atoms with Crippen molar-refractivity contribution in [3.8, 4) is 0 Å². The Bertz CT molecular complexity index is 710. The highest BCUT2D eigenvalue weighted by molar-refractivity contribution is 9.11. The molecule has 0 aliphatic rings. The van der Waals surface area contributed by atoms with E-state index in [4.69, 9.17) is 11.6 Å². The summed E-state index contributed by atoms with van der Waals surface area (Å²) in [4.78, 5) is 16.6. The van der Waals surface area contributed by atoms with Gasteiger partial charge < -0.3 is 10.3 Å². The second-order valence-electron chi connectivity index (χ2n) is 3.82. The van der Waals surface area contributed by atoms with Crippen LogP contribution in [-0.2, 0) is 6.42 Å². The highest BCUT2D eigenvalue weighted by Crippen LogP contribution is 2.23. The molecule has 5 nitrogen and oxygen atoms in total. The molecule has 98 valence electrons. The molecule has 0 aliphatic carbocycles. The van der Waals surface area contributed by atoms with E-state index in [1.165, 1.54) is 4.88 Å². The molecule has 2 N–H and O–H groups in total. The average Bonchev–Trinajstić information content (AvgIpc) is 2.98. The van der Waals surface area contributed by atoms with E-state index in [9.17, 15) is 0 Å². The number of anilines is 1. The third kappa shape index (κ3) is 2.88. The number of hydrogen-bond donors (Lipinski definition) is 2. The van der Waals surface area contributed by atoms with Crippen LogP contribution in [0, 0.1) is 0 Å². The summed E-state index contributed by atoms with van der Waals surface area (Å²) in [5.41, 5.74) is 1.35. The second-order valence-corrected chi connectivity index (χ2v) is 6.71. The highest BCUT2D eigenvalue weighted by atomic mass is 79.9. The van der Waals surface area contributed by atoms with E-state index in [-0.39, 0.29) is 5.28 Å². The first-order valence-corrected chi connectivity index (χ1v) is 7.56. The van der Waals surface area contributed by atoms with E-state index in [1.807, 2.05) is 0 Å². The van der Waals surface area contributed by atoms with Crippen LogP contribution in [-0.4, -0.2) is 26.5 Å². The van der Waals surface area contributed by atoms with Crippen LogP contribution in [0.3, 0.4) is 0 Å². The number of aromatic amines is 1. The lowest BCUT2D eigenvalue weighted by Gasteiger charge is -2.05. The Morgan fingerprint density at radius 1 is 1.37 bits per heavy atom. The van der Waals surface area contributed by atoms with E-state index in [1.54, 1.807) is 17.7 Å². The number of aromatic nitrogens is 4. The topological polar surface area (TPSA) is 66.5 Å². The Kier molecular flexibility index (Phi) is 3.67. The molecule has 0 saturated heterocycles. The van der Waals surface area contributed by atoms with E-state index in [2.05, 4.69) is 53.3 Å². The molecule has 0 bridgehead atoms. The molecule has 0 aliphatic heterocycles. The van der Waals surface area contributed by atoms with Gasteiger partial charge in [-0.15, -0.1) is 11.3 Å². The summed E-state index contributed by atoms with van der Waals surface area (Å²) in [7, 11) is 0. The van der Waals surface area contributed by atoms with Gasteiger partial charge in [0.25, 0.3) is 0 Å². The number of halogens is 2. The maximum Gasteiger partial charge on any atom is 0.226 e. The molecular formula is C11H9BrClN5S. The molecule has 3 heterocycles. The van der Waals surface area contributed by atoms with Gasteiger partial charge in [0.1, 0.15) is 5.52 Å². The predicted octanol–water partition coefficient (Wildman–Crippen LogP) is 3.48. The Hall–Kier alpha value is -1.18. The van der Waals surface area contributed by atoms with Crippen LogP contribution >= 0.6 is 38.9 Å². The van der Waals surface area contributed by atoms with E-state index >= 15 is 0 Å². The fraction of sp³-hybridized carbons (Fsp3) is 0.182. The van der Waals surface area contributed by atoms with Crippen LogP contribution in [0.25, 0.3) is 11.2 Å². The largest absolute Gasteiger partial charge is 0.368 e. The lowest BCUT2D eigenvalue weighted by Crippen LogP contribution is -2.06. The van der Waals surface area contributed by atoms with Crippen LogP contribution in [0.4, 0.5) is 5.82 Å². The van der Waals surface area contributed by atoms with Crippen LogP contribution in [0.1, 0.15) is 4.88 Å². The fourth-order valence-electron chi connectivity index (χ4n) is 1.72. The molecule has 0 unspecified atom stereocenters. The van der Waals surface area contributed by atoms with Gasteiger partial charge >= 0.3 is 0 Å². The maximum absolute atomic E-state index is 5.86. The monoisotopic (exact) mass is 357 g/mol. The van der Waals surface area contributed by atoms with E-state index in [0.717, 1.165) is 22.3 Å². The van der Waals surface area contributed by atoms with Gasteiger partial charge in [-0.3, -0.25) is 0 Å². The number of nitrogens with one attached hydrogen (secondary N) is 2. The van der Waals surface area contributed by atoms with E-state index in [0.29, 0.717) is 11.5 Å². The van der Waals surface area contributed by atoms with Crippen molar-refractivity contribution in [2.24, 2.45) is 0 Å². The molecule has 3 rings (SSSR count). The third-order valence-electron chi connectivity index (χ3n) is 2.55. The Morgan fingerprint density at radius 2 is 2.26 bits per heavy atom. The third-order valence-corrected chi connectivity index (χ3v) is 4.40. The van der Waals surface area contributed by atoms with Gasteiger partial charge in [0.15, 0.2) is 11.5 Å². The number of hydrogen-bond acceptors (Lipinski definition) is 5. The van der Waals surface area contributed by atoms with Gasteiger partial charge in [0, 0.05) is 11.4 Å². The minimum Gasteiger partial charge on any atom is -0.368 e. The van der Waals surface area contributed by atoms with Crippen LogP contribution in [0.15, 0.2) is 22.2 Å². The summed E-state index contributed by atoms with van der Waals surface area (Å²) >= 11 is 11.0. The summed E-state index contributed by atoms with van der Waals surface area (Å²) in [6, 6.07) is 4.16. The fourth-order valence-corrected chi connectivity index (χ4v) is 3.37. The summed E-state index contributed by atoms with van der Waals surface area (Å²) in [6.07, 6.45) is 2.50. The SMILES string of the molecule is Clc1nc(NCCc2ccc(Br)s2)c2[nH]cnc2n1. The number of H-pyrrole nitrogens is 1. The molecular weight excluding hydrogens is 350 g/mol. The number of thiophene rings is 1. The average molecular weight is 359 g/mol. The number of imidazole rings is 1.